The van der Waals surface area contributed by atoms with Crippen molar-refractivity contribution in [3.63, 3.8) is 0 Å². The lowest BCUT2D eigenvalue weighted by molar-refractivity contribution is 0.0955. The minimum absolute atomic E-state index is 0.0248. The summed E-state index contributed by atoms with van der Waals surface area (Å²) in [6.07, 6.45) is 1.59. The molecule has 1 amide bonds. The van der Waals surface area contributed by atoms with E-state index in [9.17, 15) is 4.79 Å². The second-order valence-corrected chi connectivity index (χ2v) is 7.20. The van der Waals surface area contributed by atoms with Crippen LogP contribution in [0.2, 0.25) is 5.02 Å². The Bertz CT molecular complexity index is 729. The Morgan fingerprint density at radius 3 is 2.39 bits per heavy atom. The molecule has 0 radical (unpaired) electrons. The molecule has 3 rings (SSSR count). The lowest BCUT2D eigenvalue weighted by Crippen LogP contribution is -2.17. The number of carbonyl (C=O) groups is 1. The molecule has 2 aromatic rings. The Labute approximate surface area is 149 Å². The van der Waals surface area contributed by atoms with Gasteiger partial charge in [-0.15, -0.1) is 23.2 Å². The van der Waals surface area contributed by atoms with Crippen molar-refractivity contribution in [2.45, 2.75) is 10.3 Å². The molecule has 0 aliphatic heterocycles. The first-order valence-corrected chi connectivity index (χ1v) is 8.15. The van der Waals surface area contributed by atoms with Gasteiger partial charge in [-0.1, -0.05) is 41.9 Å². The first-order valence-electron chi connectivity index (χ1n) is 7.02. The van der Waals surface area contributed by atoms with E-state index < -0.39 is 4.33 Å². The Balaban J connectivity index is 1.62. The molecule has 1 fully saturated rings. The summed E-state index contributed by atoms with van der Waals surface area (Å²) < 4.78 is -0.893. The average Bonchev–Trinajstić information content (AvgIpc) is 3.09. The van der Waals surface area contributed by atoms with E-state index >= 15 is 0 Å². The molecule has 0 unspecified atom stereocenters. The molecule has 118 valence electrons. The highest BCUT2D eigenvalue weighted by atomic mass is 35.5. The first-order chi connectivity index (χ1) is 11.0. The number of nitrogens with zero attached hydrogens (tertiary/aromatic N) is 1. The predicted octanol–water partition coefficient (Wildman–Crippen LogP) is 4.64. The molecule has 6 heteroatoms. The van der Waals surface area contributed by atoms with Crippen molar-refractivity contribution in [2.75, 3.05) is 0 Å². The van der Waals surface area contributed by atoms with Gasteiger partial charge in [0.05, 0.1) is 0 Å². The fourth-order valence-electron chi connectivity index (χ4n) is 2.47. The summed E-state index contributed by atoms with van der Waals surface area (Å²) >= 11 is 18.4. The van der Waals surface area contributed by atoms with Crippen molar-refractivity contribution >= 4 is 46.9 Å². The van der Waals surface area contributed by atoms with Gasteiger partial charge in [0.2, 0.25) is 0 Å². The molecule has 1 aliphatic carbocycles. The summed E-state index contributed by atoms with van der Waals surface area (Å²) in [7, 11) is 0. The molecule has 0 heterocycles. The van der Waals surface area contributed by atoms with Gasteiger partial charge in [0, 0.05) is 28.6 Å². The molecule has 2 atom stereocenters. The van der Waals surface area contributed by atoms with Crippen molar-refractivity contribution in [2.24, 2.45) is 11.0 Å². The van der Waals surface area contributed by atoms with Crippen molar-refractivity contribution in [1.82, 2.24) is 5.43 Å². The number of halogens is 3. The predicted molar refractivity (Wildman–Crippen MR) is 94.5 cm³/mol. The quantitative estimate of drug-likeness (QED) is 0.477. The summed E-state index contributed by atoms with van der Waals surface area (Å²) in [5, 5.41) is 4.55. The third kappa shape index (κ3) is 3.52. The lowest BCUT2D eigenvalue weighted by atomic mass is 10.1. The van der Waals surface area contributed by atoms with Gasteiger partial charge in [-0.3, -0.25) is 4.79 Å². The Morgan fingerprint density at radius 1 is 1.09 bits per heavy atom. The highest BCUT2D eigenvalue weighted by Gasteiger charge is 2.63. The number of carbonyl (C=O) groups excluding carboxylic acids is 1. The summed E-state index contributed by atoms with van der Waals surface area (Å²) in [5.74, 6) is -0.480. The molecule has 0 bridgehead atoms. The summed E-state index contributed by atoms with van der Waals surface area (Å²) in [6.45, 7) is 0. The van der Waals surface area contributed by atoms with E-state index in [0.29, 0.717) is 10.6 Å². The zero-order valence-corrected chi connectivity index (χ0v) is 14.2. The molecular weight excluding hydrogens is 355 g/mol. The molecule has 0 saturated heterocycles. The van der Waals surface area contributed by atoms with Crippen LogP contribution in [-0.4, -0.2) is 16.5 Å². The first kappa shape index (κ1) is 16.3. The molecule has 23 heavy (non-hydrogen) atoms. The zero-order chi connectivity index (χ0) is 16.4. The molecular formula is C17H13Cl3N2O. The maximum absolute atomic E-state index is 11.9. The van der Waals surface area contributed by atoms with Crippen LogP contribution in [0, 0.1) is 5.92 Å². The third-order valence-corrected chi connectivity index (χ3v) is 5.00. The number of nitrogens with one attached hydrogen (secondary N) is 1. The van der Waals surface area contributed by atoms with Gasteiger partial charge in [-0.05, 0) is 29.8 Å². The molecule has 1 N–H and O–H groups in total. The monoisotopic (exact) mass is 366 g/mol. The van der Waals surface area contributed by atoms with E-state index in [4.69, 9.17) is 34.8 Å². The number of hydrogen-bond donors (Lipinski definition) is 1. The van der Waals surface area contributed by atoms with Crippen LogP contribution in [0.25, 0.3) is 0 Å². The van der Waals surface area contributed by atoms with Gasteiger partial charge in [0.1, 0.15) is 4.33 Å². The molecule has 0 spiro atoms. The number of rotatable bonds is 4. The number of hydrazone groups is 1. The van der Waals surface area contributed by atoms with Crippen LogP contribution in [0.1, 0.15) is 21.8 Å². The summed E-state index contributed by atoms with van der Waals surface area (Å²) in [6, 6.07) is 16.3. The van der Waals surface area contributed by atoms with Gasteiger partial charge in [0.15, 0.2) is 0 Å². The van der Waals surface area contributed by atoms with Gasteiger partial charge in [-0.2, -0.15) is 5.10 Å². The molecule has 0 aromatic heterocycles. The SMILES string of the molecule is O=C(N/N=C\[C@H]1[C@@H](c2ccccc2)C1(Cl)Cl)c1ccc(Cl)cc1. The zero-order valence-electron chi connectivity index (χ0n) is 11.9. The normalized spacial score (nSPS) is 22.0. The highest BCUT2D eigenvalue weighted by Crippen LogP contribution is 2.63. The van der Waals surface area contributed by atoms with E-state index in [1.807, 2.05) is 30.3 Å². The topological polar surface area (TPSA) is 41.5 Å². The van der Waals surface area contributed by atoms with E-state index in [2.05, 4.69) is 10.5 Å². The Hall–Kier alpha value is -1.55. The van der Waals surface area contributed by atoms with Crippen LogP contribution in [0.4, 0.5) is 0 Å². The summed E-state index contributed by atoms with van der Waals surface area (Å²) in [5.41, 5.74) is 4.00. The van der Waals surface area contributed by atoms with Crippen LogP contribution in [0.5, 0.6) is 0 Å². The fourth-order valence-corrected chi connectivity index (χ4v) is 3.36. The van der Waals surface area contributed by atoms with Gasteiger partial charge in [0.25, 0.3) is 5.91 Å². The number of benzene rings is 2. The minimum atomic E-state index is -0.893. The van der Waals surface area contributed by atoms with Crippen molar-refractivity contribution in [1.29, 1.82) is 0 Å². The maximum Gasteiger partial charge on any atom is 0.271 e. The molecule has 3 nitrogen and oxygen atoms in total. The Morgan fingerprint density at radius 2 is 1.74 bits per heavy atom. The molecule has 1 aliphatic rings. The smallest absolute Gasteiger partial charge is 0.267 e. The van der Waals surface area contributed by atoms with Crippen LogP contribution in [0.3, 0.4) is 0 Å². The van der Waals surface area contributed by atoms with Crippen LogP contribution in [0.15, 0.2) is 59.7 Å². The number of amides is 1. The molecule has 2 aromatic carbocycles. The van der Waals surface area contributed by atoms with Crippen molar-refractivity contribution in [3.8, 4) is 0 Å². The van der Waals surface area contributed by atoms with E-state index in [1.165, 1.54) is 0 Å². The van der Waals surface area contributed by atoms with E-state index in [1.54, 1.807) is 30.5 Å². The Kier molecular flexibility index (Phi) is 4.62. The number of alkyl halides is 2. The fraction of sp³-hybridized carbons (Fsp3) is 0.176. The molecule has 1 saturated carbocycles. The van der Waals surface area contributed by atoms with Gasteiger partial charge < -0.3 is 0 Å². The van der Waals surface area contributed by atoms with E-state index in [0.717, 1.165) is 5.56 Å². The van der Waals surface area contributed by atoms with Crippen LogP contribution < -0.4 is 5.43 Å². The number of hydrogen-bond acceptors (Lipinski definition) is 2. The van der Waals surface area contributed by atoms with Gasteiger partial charge in [-0.25, -0.2) is 5.43 Å². The summed E-state index contributed by atoms with van der Waals surface area (Å²) in [4.78, 5) is 11.9. The van der Waals surface area contributed by atoms with Crippen molar-refractivity contribution < 1.29 is 4.79 Å². The largest absolute Gasteiger partial charge is 0.271 e. The standard InChI is InChI=1S/C17H13Cl3N2O/c18-13-8-6-12(7-9-13)16(23)22-21-10-14-15(17(14,19)20)11-4-2-1-3-5-11/h1-10,14-15H,(H,22,23)/b21-10-/t14-,15+/m0/s1. The van der Waals surface area contributed by atoms with Crippen LogP contribution >= 0.6 is 34.8 Å². The maximum atomic E-state index is 11.9. The van der Waals surface area contributed by atoms with Crippen molar-refractivity contribution in [3.05, 3.63) is 70.7 Å². The lowest BCUT2D eigenvalue weighted by Gasteiger charge is -1.99. The average molecular weight is 368 g/mol. The van der Waals surface area contributed by atoms with E-state index in [-0.39, 0.29) is 17.7 Å². The minimum Gasteiger partial charge on any atom is -0.267 e. The third-order valence-electron chi connectivity index (χ3n) is 3.78. The van der Waals surface area contributed by atoms with Crippen LogP contribution in [-0.2, 0) is 0 Å². The highest BCUT2D eigenvalue weighted by molar-refractivity contribution is 6.53. The van der Waals surface area contributed by atoms with Gasteiger partial charge >= 0.3 is 0 Å². The second-order valence-electron chi connectivity index (χ2n) is 5.31. The second kappa shape index (κ2) is 6.52.